The summed E-state index contributed by atoms with van der Waals surface area (Å²) in [5.74, 6) is 0.264. The number of hydrogen-bond acceptors (Lipinski definition) is 1. The highest BCUT2D eigenvalue weighted by Gasteiger charge is 2.21. The van der Waals surface area contributed by atoms with Gasteiger partial charge in [0.2, 0.25) is 5.91 Å². The van der Waals surface area contributed by atoms with Crippen molar-refractivity contribution in [2.75, 3.05) is 6.54 Å². The number of hydrogen-bond donors (Lipinski definition) is 0. The third-order valence-corrected chi connectivity index (χ3v) is 4.73. The molecule has 0 radical (unpaired) electrons. The van der Waals surface area contributed by atoms with Crippen molar-refractivity contribution in [1.82, 2.24) is 9.47 Å². The van der Waals surface area contributed by atoms with E-state index in [0.29, 0.717) is 32.0 Å². The average molecular weight is 385 g/mol. The Balaban J connectivity index is 2.06. The van der Waals surface area contributed by atoms with Gasteiger partial charge in [0.25, 0.3) is 0 Å². The minimum atomic E-state index is -0.233. The minimum Gasteiger partial charge on any atom is -0.345 e. The van der Waals surface area contributed by atoms with E-state index in [0.717, 1.165) is 17.7 Å². The van der Waals surface area contributed by atoms with Crippen molar-refractivity contribution in [3.05, 3.63) is 72.3 Å². The van der Waals surface area contributed by atoms with Gasteiger partial charge in [-0.05, 0) is 47.6 Å². The van der Waals surface area contributed by atoms with Crippen molar-refractivity contribution in [2.24, 2.45) is 11.3 Å². The zero-order valence-electron chi connectivity index (χ0n) is 17.6. The fourth-order valence-electron chi connectivity index (χ4n) is 3.68. The van der Waals surface area contributed by atoms with E-state index < -0.39 is 0 Å². The number of rotatable bonds is 9. The van der Waals surface area contributed by atoms with Gasteiger partial charge in [0.1, 0.15) is 5.82 Å². The second-order valence-corrected chi connectivity index (χ2v) is 8.89. The highest BCUT2D eigenvalue weighted by atomic mass is 19.1. The standard InChI is InChI=1S/C24H33FN2O/c1-6-13-27(23(28)15-19(2)16-24(3,4)5)18-22-8-7-14-26(22)17-20-9-11-21(25)12-10-20/h6-12,14,19H,1,13,15-18H2,2-5H3. The minimum absolute atomic E-state index is 0.159. The first kappa shape index (κ1) is 21.9. The SMILES string of the molecule is C=CCN(Cc1cccn1Cc1ccc(F)cc1)C(=O)CC(C)CC(C)(C)C. The topological polar surface area (TPSA) is 25.2 Å². The van der Waals surface area contributed by atoms with Crippen molar-refractivity contribution in [3.8, 4) is 0 Å². The Hall–Kier alpha value is -2.36. The summed E-state index contributed by atoms with van der Waals surface area (Å²) in [5.41, 5.74) is 2.30. The number of carbonyl (C=O) groups is 1. The lowest BCUT2D eigenvalue weighted by atomic mass is 9.84. The Morgan fingerprint density at radius 2 is 1.93 bits per heavy atom. The van der Waals surface area contributed by atoms with E-state index in [4.69, 9.17) is 0 Å². The molecule has 2 aromatic rings. The van der Waals surface area contributed by atoms with E-state index in [1.165, 1.54) is 12.1 Å². The lowest BCUT2D eigenvalue weighted by Gasteiger charge is -2.27. The van der Waals surface area contributed by atoms with Crippen LogP contribution in [0.5, 0.6) is 0 Å². The molecule has 1 amide bonds. The second-order valence-electron chi connectivity index (χ2n) is 8.89. The predicted octanol–water partition coefficient (Wildman–Crippen LogP) is 5.65. The maximum absolute atomic E-state index is 13.1. The predicted molar refractivity (Wildman–Crippen MR) is 113 cm³/mol. The summed E-state index contributed by atoms with van der Waals surface area (Å²) < 4.78 is 15.2. The first-order valence-electron chi connectivity index (χ1n) is 9.95. The van der Waals surface area contributed by atoms with Crippen LogP contribution in [0.4, 0.5) is 4.39 Å². The van der Waals surface area contributed by atoms with Crippen molar-refractivity contribution < 1.29 is 9.18 Å². The molecule has 0 aliphatic heterocycles. The molecule has 0 saturated carbocycles. The molecule has 4 heteroatoms. The second kappa shape index (κ2) is 9.72. The van der Waals surface area contributed by atoms with E-state index in [1.807, 2.05) is 23.2 Å². The van der Waals surface area contributed by atoms with Crippen LogP contribution in [-0.4, -0.2) is 21.9 Å². The molecule has 0 aliphatic carbocycles. The Morgan fingerprint density at radius 3 is 2.54 bits per heavy atom. The van der Waals surface area contributed by atoms with Crippen molar-refractivity contribution >= 4 is 5.91 Å². The normalized spacial score (nSPS) is 12.6. The molecule has 0 spiro atoms. The summed E-state index contributed by atoms with van der Waals surface area (Å²) in [6.45, 7) is 14.3. The molecule has 1 atom stereocenters. The smallest absolute Gasteiger partial charge is 0.223 e. The van der Waals surface area contributed by atoms with Crippen LogP contribution in [0.2, 0.25) is 0 Å². The van der Waals surface area contributed by atoms with Crippen LogP contribution >= 0.6 is 0 Å². The van der Waals surface area contributed by atoms with Crippen LogP contribution in [0.1, 0.15) is 51.8 Å². The van der Waals surface area contributed by atoms with Crippen LogP contribution in [-0.2, 0) is 17.9 Å². The summed E-state index contributed by atoms with van der Waals surface area (Å²) in [7, 11) is 0. The van der Waals surface area contributed by atoms with Crippen LogP contribution in [0, 0.1) is 17.2 Å². The molecular weight excluding hydrogens is 351 g/mol. The summed E-state index contributed by atoms with van der Waals surface area (Å²) in [5, 5.41) is 0. The molecule has 3 nitrogen and oxygen atoms in total. The summed E-state index contributed by atoms with van der Waals surface area (Å²) >= 11 is 0. The van der Waals surface area contributed by atoms with Crippen molar-refractivity contribution in [1.29, 1.82) is 0 Å². The van der Waals surface area contributed by atoms with Crippen LogP contribution in [0.25, 0.3) is 0 Å². The van der Waals surface area contributed by atoms with Gasteiger partial charge >= 0.3 is 0 Å². The van der Waals surface area contributed by atoms with Gasteiger partial charge in [-0.3, -0.25) is 4.79 Å². The molecule has 1 aromatic carbocycles. The summed E-state index contributed by atoms with van der Waals surface area (Å²) in [6, 6.07) is 10.5. The van der Waals surface area contributed by atoms with Gasteiger partial charge in [-0.25, -0.2) is 4.39 Å². The fourth-order valence-corrected chi connectivity index (χ4v) is 3.68. The summed E-state index contributed by atoms with van der Waals surface area (Å²) in [4.78, 5) is 14.8. The molecule has 2 rings (SSSR count). The molecule has 28 heavy (non-hydrogen) atoms. The lowest BCUT2D eigenvalue weighted by Crippen LogP contribution is -2.33. The monoisotopic (exact) mass is 384 g/mol. The number of amides is 1. The zero-order valence-corrected chi connectivity index (χ0v) is 17.6. The summed E-state index contributed by atoms with van der Waals surface area (Å²) in [6.07, 6.45) is 5.34. The third-order valence-electron chi connectivity index (χ3n) is 4.73. The van der Waals surface area contributed by atoms with Crippen LogP contribution < -0.4 is 0 Å². The molecule has 152 valence electrons. The molecule has 1 aromatic heterocycles. The number of carbonyl (C=O) groups excluding carboxylic acids is 1. The quantitative estimate of drug-likeness (QED) is 0.513. The molecule has 1 unspecified atom stereocenters. The maximum Gasteiger partial charge on any atom is 0.223 e. The number of halogens is 1. The molecule has 0 bridgehead atoms. The Morgan fingerprint density at radius 1 is 1.25 bits per heavy atom. The maximum atomic E-state index is 13.1. The molecule has 0 saturated heterocycles. The molecule has 0 fully saturated rings. The van der Waals surface area contributed by atoms with E-state index in [2.05, 4.69) is 38.8 Å². The number of benzene rings is 1. The zero-order chi connectivity index (χ0) is 20.7. The van der Waals surface area contributed by atoms with Gasteiger partial charge in [0, 0.05) is 31.4 Å². The molecule has 0 N–H and O–H groups in total. The van der Waals surface area contributed by atoms with Crippen LogP contribution in [0.15, 0.2) is 55.3 Å². The number of aromatic nitrogens is 1. The van der Waals surface area contributed by atoms with Gasteiger partial charge in [-0.15, -0.1) is 6.58 Å². The van der Waals surface area contributed by atoms with Gasteiger partial charge < -0.3 is 9.47 Å². The average Bonchev–Trinajstić information content (AvgIpc) is 3.01. The van der Waals surface area contributed by atoms with E-state index in [1.54, 1.807) is 18.2 Å². The Labute approximate surface area is 168 Å². The van der Waals surface area contributed by atoms with Gasteiger partial charge in [-0.2, -0.15) is 0 Å². The lowest BCUT2D eigenvalue weighted by molar-refractivity contribution is -0.132. The van der Waals surface area contributed by atoms with Crippen LogP contribution in [0.3, 0.4) is 0 Å². The molecular formula is C24H33FN2O. The number of nitrogens with zero attached hydrogens (tertiary/aromatic N) is 2. The largest absolute Gasteiger partial charge is 0.345 e. The third kappa shape index (κ3) is 6.99. The molecule has 0 aliphatic rings. The van der Waals surface area contributed by atoms with E-state index in [-0.39, 0.29) is 17.1 Å². The van der Waals surface area contributed by atoms with Crippen molar-refractivity contribution in [2.45, 2.75) is 53.6 Å². The van der Waals surface area contributed by atoms with Crippen molar-refractivity contribution in [3.63, 3.8) is 0 Å². The van der Waals surface area contributed by atoms with Gasteiger partial charge in [-0.1, -0.05) is 45.9 Å². The van der Waals surface area contributed by atoms with Gasteiger partial charge in [0.05, 0.1) is 6.54 Å². The molecule has 1 heterocycles. The van der Waals surface area contributed by atoms with E-state index in [9.17, 15) is 9.18 Å². The van der Waals surface area contributed by atoms with E-state index >= 15 is 0 Å². The Kier molecular flexibility index (Phi) is 7.61. The fraction of sp³-hybridized carbons (Fsp3) is 0.458. The first-order chi connectivity index (χ1) is 13.2. The Bertz CT molecular complexity index is 771. The highest BCUT2D eigenvalue weighted by molar-refractivity contribution is 5.76. The first-order valence-corrected chi connectivity index (χ1v) is 9.95. The highest BCUT2D eigenvalue weighted by Crippen LogP contribution is 2.26. The van der Waals surface area contributed by atoms with Gasteiger partial charge in [0.15, 0.2) is 0 Å².